The number of primary sulfonamides is 1. The van der Waals surface area contributed by atoms with Gasteiger partial charge in [-0.1, -0.05) is 0 Å². The Morgan fingerprint density at radius 3 is 2.56 bits per heavy atom. The van der Waals surface area contributed by atoms with Crippen molar-refractivity contribution in [2.45, 2.75) is 30.2 Å². The second kappa shape index (κ2) is 4.99. The molecule has 0 bridgehead atoms. The lowest BCUT2D eigenvalue weighted by atomic mass is 9.93. The topological polar surface area (TPSA) is 89.3 Å². The molecule has 18 heavy (non-hydrogen) atoms. The van der Waals surface area contributed by atoms with E-state index in [1.807, 2.05) is 0 Å². The van der Waals surface area contributed by atoms with Crippen LogP contribution in [0.1, 0.15) is 29.6 Å². The van der Waals surface area contributed by atoms with Crippen LogP contribution in [-0.4, -0.2) is 20.4 Å². The van der Waals surface area contributed by atoms with Crippen molar-refractivity contribution < 1.29 is 13.2 Å². The minimum atomic E-state index is -3.84. The van der Waals surface area contributed by atoms with Crippen molar-refractivity contribution in [3.05, 3.63) is 28.2 Å². The normalized spacial score (nSPS) is 16.1. The fraction of sp³-hybridized carbons (Fsp3) is 0.364. The number of rotatable bonds is 3. The molecule has 1 aromatic carbocycles. The summed E-state index contributed by atoms with van der Waals surface area (Å²) in [5.41, 5.74) is 0.300. The molecule has 7 heteroatoms. The predicted molar refractivity (Wildman–Crippen MR) is 70.6 cm³/mol. The molecule has 0 spiro atoms. The number of sulfonamides is 1. The van der Waals surface area contributed by atoms with Gasteiger partial charge >= 0.3 is 0 Å². The van der Waals surface area contributed by atoms with Gasteiger partial charge in [0.2, 0.25) is 10.0 Å². The third-order valence-electron chi connectivity index (χ3n) is 2.94. The minimum Gasteiger partial charge on any atom is -0.349 e. The second-order valence-electron chi connectivity index (χ2n) is 4.29. The molecule has 0 aromatic heterocycles. The van der Waals surface area contributed by atoms with Crippen LogP contribution in [0.2, 0.25) is 0 Å². The number of nitrogens with one attached hydrogen (secondary N) is 1. The van der Waals surface area contributed by atoms with E-state index < -0.39 is 10.0 Å². The average molecular weight is 333 g/mol. The summed E-state index contributed by atoms with van der Waals surface area (Å²) in [5, 5.41) is 7.92. The molecular weight excluding hydrogens is 320 g/mol. The molecule has 1 fully saturated rings. The molecular formula is C11H13BrN2O3S. The smallest absolute Gasteiger partial charge is 0.251 e. The highest BCUT2D eigenvalue weighted by Gasteiger charge is 2.21. The predicted octanol–water partition coefficient (Wildman–Crippen LogP) is 1.38. The Balaban J connectivity index is 2.26. The Labute approximate surface area is 114 Å². The standard InChI is InChI=1S/C11H13BrN2O3S/c12-9-5-4-7(6-10(9)18(13,16)17)11(15)14-8-2-1-3-8/h4-6,8H,1-3H2,(H,14,15)(H2,13,16,17). The van der Waals surface area contributed by atoms with Crippen molar-refractivity contribution in [2.24, 2.45) is 5.14 Å². The number of nitrogens with two attached hydrogens (primary N) is 1. The second-order valence-corrected chi connectivity index (χ2v) is 6.68. The number of hydrogen-bond acceptors (Lipinski definition) is 3. The quantitative estimate of drug-likeness (QED) is 0.876. The Kier molecular flexibility index (Phi) is 3.74. The molecule has 0 heterocycles. The lowest BCUT2D eigenvalue weighted by Crippen LogP contribution is -2.39. The van der Waals surface area contributed by atoms with Crippen molar-refractivity contribution in [3.63, 3.8) is 0 Å². The summed E-state index contributed by atoms with van der Waals surface area (Å²) in [4.78, 5) is 11.8. The Morgan fingerprint density at radius 2 is 2.06 bits per heavy atom. The molecule has 1 saturated carbocycles. The fourth-order valence-corrected chi connectivity index (χ4v) is 3.24. The molecule has 3 N–H and O–H groups in total. The van der Waals surface area contributed by atoms with Crippen molar-refractivity contribution in [2.75, 3.05) is 0 Å². The van der Waals surface area contributed by atoms with Crippen molar-refractivity contribution in [3.8, 4) is 0 Å². The van der Waals surface area contributed by atoms with E-state index in [0.29, 0.717) is 10.0 Å². The van der Waals surface area contributed by atoms with E-state index >= 15 is 0 Å². The molecule has 1 aliphatic carbocycles. The van der Waals surface area contributed by atoms with Gasteiger partial charge in [-0.2, -0.15) is 0 Å². The molecule has 0 unspecified atom stereocenters. The lowest BCUT2D eigenvalue weighted by molar-refractivity contribution is 0.0916. The number of benzene rings is 1. The van der Waals surface area contributed by atoms with E-state index in [1.165, 1.54) is 12.1 Å². The summed E-state index contributed by atoms with van der Waals surface area (Å²) in [5.74, 6) is -0.267. The zero-order chi connectivity index (χ0) is 13.3. The Hall–Kier alpha value is -0.920. The van der Waals surface area contributed by atoms with Crippen LogP contribution in [0.4, 0.5) is 0 Å². The van der Waals surface area contributed by atoms with Crippen LogP contribution in [0.15, 0.2) is 27.6 Å². The summed E-state index contributed by atoms with van der Waals surface area (Å²) < 4.78 is 23.0. The van der Waals surface area contributed by atoms with E-state index in [-0.39, 0.29) is 16.8 Å². The zero-order valence-corrected chi connectivity index (χ0v) is 11.9. The number of carbonyl (C=O) groups is 1. The van der Waals surface area contributed by atoms with Gasteiger partial charge in [-0.15, -0.1) is 0 Å². The summed E-state index contributed by atoms with van der Waals surface area (Å²) in [6, 6.07) is 4.56. The van der Waals surface area contributed by atoms with Gasteiger partial charge in [-0.3, -0.25) is 4.79 Å². The monoisotopic (exact) mass is 332 g/mol. The first-order valence-electron chi connectivity index (χ1n) is 5.51. The summed E-state index contributed by atoms with van der Waals surface area (Å²) in [7, 11) is -3.84. The van der Waals surface area contributed by atoms with Crippen LogP contribution in [0.25, 0.3) is 0 Å². The van der Waals surface area contributed by atoms with Crippen molar-refractivity contribution in [1.82, 2.24) is 5.32 Å². The molecule has 98 valence electrons. The van der Waals surface area contributed by atoms with E-state index in [0.717, 1.165) is 19.3 Å². The van der Waals surface area contributed by atoms with E-state index in [1.54, 1.807) is 6.07 Å². The maximum atomic E-state index is 11.9. The van der Waals surface area contributed by atoms with Gasteiger partial charge in [0.05, 0.1) is 4.90 Å². The van der Waals surface area contributed by atoms with Crippen LogP contribution in [0.5, 0.6) is 0 Å². The maximum Gasteiger partial charge on any atom is 0.251 e. The van der Waals surface area contributed by atoms with Gasteiger partial charge in [0.1, 0.15) is 0 Å². The molecule has 2 rings (SSSR count). The van der Waals surface area contributed by atoms with Crippen molar-refractivity contribution in [1.29, 1.82) is 0 Å². The molecule has 0 radical (unpaired) electrons. The summed E-state index contributed by atoms with van der Waals surface area (Å²) in [6.07, 6.45) is 3.07. The molecule has 1 aliphatic rings. The Morgan fingerprint density at radius 1 is 1.39 bits per heavy atom. The van der Waals surface area contributed by atoms with Gasteiger partial charge in [-0.25, -0.2) is 13.6 Å². The van der Waals surface area contributed by atoms with Crippen LogP contribution >= 0.6 is 15.9 Å². The van der Waals surface area contributed by atoms with Gasteiger partial charge in [0.25, 0.3) is 5.91 Å². The Bertz CT molecular complexity index is 582. The maximum absolute atomic E-state index is 11.9. The molecule has 1 amide bonds. The number of hydrogen-bond donors (Lipinski definition) is 2. The van der Waals surface area contributed by atoms with Crippen LogP contribution < -0.4 is 10.5 Å². The SMILES string of the molecule is NS(=O)(=O)c1cc(C(=O)NC2CCC2)ccc1Br. The van der Waals surface area contributed by atoms with E-state index in [2.05, 4.69) is 21.2 Å². The van der Waals surface area contributed by atoms with Crippen LogP contribution in [0, 0.1) is 0 Å². The first kappa shape index (κ1) is 13.5. The summed E-state index contributed by atoms with van der Waals surface area (Å²) in [6.45, 7) is 0. The largest absolute Gasteiger partial charge is 0.349 e. The first-order valence-corrected chi connectivity index (χ1v) is 7.85. The number of carbonyl (C=O) groups excluding carboxylic acids is 1. The number of halogens is 1. The van der Waals surface area contributed by atoms with Gasteiger partial charge in [0, 0.05) is 16.1 Å². The third kappa shape index (κ3) is 2.90. The summed E-state index contributed by atoms with van der Waals surface area (Å²) >= 11 is 3.10. The average Bonchev–Trinajstić information content (AvgIpc) is 2.22. The van der Waals surface area contributed by atoms with E-state index in [4.69, 9.17) is 5.14 Å². The first-order chi connectivity index (χ1) is 8.38. The highest BCUT2D eigenvalue weighted by atomic mass is 79.9. The third-order valence-corrected chi connectivity index (χ3v) is 4.85. The highest BCUT2D eigenvalue weighted by Crippen LogP contribution is 2.23. The zero-order valence-electron chi connectivity index (χ0n) is 9.52. The van der Waals surface area contributed by atoms with Gasteiger partial charge in [0.15, 0.2) is 0 Å². The molecule has 0 saturated heterocycles. The number of amides is 1. The molecule has 0 aliphatic heterocycles. The van der Waals surface area contributed by atoms with Gasteiger partial charge < -0.3 is 5.32 Å². The lowest BCUT2D eigenvalue weighted by Gasteiger charge is -2.26. The fourth-order valence-electron chi connectivity index (χ4n) is 1.68. The van der Waals surface area contributed by atoms with Crippen molar-refractivity contribution >= 4 is 31.9 Å². The highest BCUT2D eigenvalue weighted by molar-refractivity contribution is 9.10. The van der Waals surface area contributed by atoms with E-state index in [9.17, 15) is 13.2 Å². The molecule has 1 aromatic rings. The van der Waals surface area contributed by atoms with Gasteiger partial charge in [-0.05, 0) is 53.4 Å². The van der Waals surface area contributed by atoms with Crippen LogP contribution in [-0.2, 0) is 10.0 Å². The molecule has 0 atom stereocenters. The minimum absolute atomic E-state index is 0.0799. The molecule has 5 nitrogen and oxygen atoms in total. The van der Waals surface area contributed by atoms with Crippen LogP contribution in [0.3, 0.4) is 0 Å².